The first-order chi connectivity index (χ1) is 14.4. The molecule has 0 N–H and O–H groups in total. The Morgan fingerprint density at radius 3 is 2.63 bits per heavy atom. The molecule has 0 unspecified atom stereocenters. The van der Waals surface area contributed by atoms with Crippen LogP contribution in [0.1, 0.15) is 45.4 Å². The third kappa shape index (κ3) is 5.21. The van der Waals surface area contributed by atoms with Crippen molar-refractivity contribution in [1.29, 1.82) is 0 Å². The zero-order chi connectivity index (χ0) is 21.7. The van der Waals surface area contributed by atoms with Crippen LogP contribution in [0.25, 0.3) is 0 Å². The number of Topliss-reactive ketones (excluding diaryl/α,β-unsaturated/α-hetero) is 1. The van der Waals surface area contributed by atoms with Crippen LogP contribution in [0.5, 0.6) is 11.5 Å². The molecule has 2 heterocycles. The van der Waals surface area contributed by atoms with Crippen molar-refractivity contribution in [2.24, 2.45) is 0 Å². The second-order valence-corrected chi connectivity index (χ2v) is 8.63. The summed E-state index contributed by atoms with van der Waals surface area (Å²) in [5, 5.41) is 1.80. The van der Waals surface area contributed by atoms with E-state index in [-0.39, 0.29) is 11.7 Å². The minimum Gasteiger partial charge on any atom is -0.493 e. The van der Waals surface area contributed by atoms with E-state index in [9.17, 15) is 9.59 Å². The number of hydrogen-bond acceptors (Lipinski definition) is 6. The van der Waals surface area contributed by atoms with Crippen LogP contribution in [-0.4, -0.2) is 68.4 Å². The molecule has 1 aromatic heterocycles. The molecule has 1 aliphatic rings. The first kappa shape index (κ1) is 22.3. The predicted molar refractivity (Wildman–Crippen MR) is 119 cm³/mol. The first-order valence-electron chi connectivity index (χ1n) is 10.2. The number of piperidine rings is 1. The fourth-order valence-electron chi connectivity index (χ4n) is 3.84. The van der Waals surface area contributed by atoms with Gasteiger partial charge in [-0.2, -0.15) is 0 Å². The summed E-state index contributed by atoms with van der Waals surface area (Å²) in [7, 11) is 5.41. The van der Waals surface area contributed by atoms with E-state index in [0.717, 1.165) is 43.9 Å². The van der Waals surface area contributed by atoms with Crippen LogP contribution >= 0.6 is 11.3 Å². The van der Waals surface area contributed by atoms with E-state index < -0.39 is 0 Å². The van der Waals surface area contributed by atoms with E-state index >= 15 is 0 Å². The van der Waals surface area contributed by atoms with Gasteiger partial charge in [-0.15, -0.1) is 11.3 Å². The van der Waals surface area contributed by atoms with E-state index in [0.29, 0.717) is 23.0 Å². The van der Waals surface area contributed by atoms with Crippen LogP contribution in [0, 0.1) is 0 Å². The number of methoxy groups -OCH3 is 2. The summed E-state index contributed by atoms with van der Waals surface area (Å²) in [5.41, 5.74) is 1.82. The lowest BCUT2D eigenvalue weighted by molar-refractivity contribution is 0.0612. The summed E-state index contributed by atoms with van der Waals surface area (Å²) in [6.07, 6.45) is 2.96. The van der Waals surface area contributed by atoms with Gasteiger partial charge in [0, 0.05) is 31.1 Å². The van der Waals surface area contributed by atoms with E-state index in [1.807, 2.05) is 17.0 Å². The maximum absolute atomic E-state index is 12.9. The summed E-state index contributed by atoms with van der Waals surface area (Å²) in [5.74, 6) is 1.51. The van der Waals surface area contributed by atoms with E-state index in [2.05, 4.69) is 18.0 Å². The standard InChI is InChI=1S/C23H30N2O4S/c1-16(26)22-13-18(15-30-22)23(27)25-10-5-6-19(14-25)24(2)11-9-17-7-8-20(28-3)21(12-17)29-4/h7-8,12-13,15,19H,5-6,9-11,14H2,1-4H3/t19-/m1/s1. The Labute approximate surface area is 182 Å². The molecule has 0 saturated carbocycles. The number of carbonyl (C=O) groups excluding carboxylic acids is 2. The van der Waals surface area contributed by atoms with Gasteiger partial charge in [-0.1, -0.05) is 6.07 Å². The average molecular weight is 431 g/mol. The van der Waals surface area contributed by atoms with Gasteiger partial charge in [0.15, 0.2) is 17.3 Å². The van der Waals surface area contributed by atoms with Crippen LogP contribution < -0.4 is 9.47 Å². The van der Waals surface area contributed by atoms with Crippen molar-refractivity contribution >= 4 is 23.0 Å². The molecule has 1 amide bonds. The van der Waals surface area contributed by atoms with Gasteiger partial charge in [-0.3, -0.25) is 9.59 Å². The molecule has 1 aliphatic heterocycles. The lowest BCUT2D eigenvalue weighted by Crippen LogP contribution is -2.49. The molecule has 0 bridgehead atoms. The third-order valence-corrected chi connectivity index (χ3v) is 6.73. The highest BCUT2D eigenvalue weighted by molar-refractivity contribution is 7.12. The van der Waals surface area contributed by atoms with Crippen molar-refractivity contribution in [2.45, 2.75) is 32.2 Å². The van der Waals surface area contributed by atoms with Crippen molar-refractivity contribution in [3.8, 4) is 11.5 Å². The molecule has 0 aliphatic carbocycles. The van der Waals surface area contributed by atoms with Gasteiger partial charge >= 0.3 is 0 Å². The molecule has 1 atom stereocenters. The van der Waals surface area contributed by atoms with E-state index in [1.165, 1.54) is 23.8 Å². The topological polar surface area (TPSA) is 59.1 Å². The summed E-state index contributed by atoms with van der Waals surface area (Å²) in [6, 6.07) is 8.07. The quantitative estimate of drug-likeness (QED) is 0.597. The van der Waals surface area contributed by atoms with Crippen LogP contribution in [0.15, 0.2) is 29.6 Å². The second kappa shape index (κ2) is 10.1. The normalized spacial score (nSPS) is 16.6. The second-order valence-electron chi connectivity index (χ2n) is 7.72. The number of thiophene rings is 1. The Kier molecular flexibility index (Phi) is 7.50. The highest BCUT2D eigenvalue weighted by Gasteiger charge is 2.27. The van der Waals surface area contributed by atoms with Crippen molar-refractivity contribution in [1.82, 2.24) is 9.80 Å². The van der Waals surface area contributed by atoms with Crippen molar-refractivity contribution in [3.05, 3.63) is 45.6 Å². The zero-order valence-electron chi connectivity index (χ0n) is 18.1. The molecule has 2 aromatic rings. The molecule has 162 valence electrons. The Morgan fingerprint density at radius 2 is 1.97 bits per heavy atom. The van der Waals surface area contributed by atoms with Gasteiger partial charge < -0.3 is 19.3 Å². The zero-order valence-corrected chi connectivity index (χ0v) is 19.0. The van der Waals surface area contributed by atoms with Gasteiger partial charge in [-0.25, -0.2) is 0 Å². The summed E-state index contributed by atoms with van der Waals surface area (Å²) in [4.78, 5) is 29.3. The molecule has 7 heteroatoms. The molecule has 1 fully saturated rings. The van der Waals surface area contributed by atoms with Gasteiger partial charge in [0.25, 0.3) is 5.91 Å². The van der Waals surface area contributed by atoms with Crippen molar-refractivity contribution in [3.63, 3.8) is 0 Å². The number of amides is 1. The fourth-order valence-corrected chi connectivity index (χ4v) is 4.62. The molecule has 3 rings (SSSR count). The molecular weight excluding hydrogens is 400 g/mol. The molecule has 1 saturated heterocycles. The number of benzene rings is 1. The van der Waals surface area contributed by atoms with Crippen molar-refractivity contribution < 1.29 is 19.1 Å². The summed E-state index contributed by atoms with van der Waals surface area (Å²) < 4.78 is 10.7. The van der Waals surface area contributed by atoms with Gasteiger partial charge in [0.1, 0.15) is 0 Å². The number of carbonyl (C=O) groups is 2. The predicted octanol–water partition coefficient (Wildman–Crippen LogP) is 3.75. The molecule has 30 heavy (non-hydrogen) atoms. The Bertz CT molecular complexity index is 895. The number of ketones is 1. The maximum Gasteiger partial charge on any atom is 0.254 e. The van der Waals surface area contributed by atoms with E-state index in [1.54, 1.807) is 25.7 Å². The molecule has 6 nitrogen and oxygen atoms in total. The average Bonchev–Trinajstić information content (AvgIpc) is 3.27. The highest BCUT2D eigenvalue weighted by Crippen LogP contribution is 2.28. The van der Waals surface area contributed by atoms with Crippen LogP contribution in [0.2, 0.25) is 0 Å². The first-order valence-corrected chi connectivity index (χ1v) is 11.1. The minimum atomic E-state index is 0.00506. The summed E-state index contributed by atoms with van der Waals surface area (Å²) in [6.45, 7) is 3.91. The smallest absolute Gasteiger partial charge is 0.254 e. The Morgan fingerprint density at radius 1 is 1.20 bits per heavy atom. The molecule has 0 spiro atoms. The molecule has 0 radical (unpaired) electrons. The Hall–Kier alpha value is -2.38. The number of rotatable bonds is 8. The maximum atomic E-state index is 12.9. The number of ether oxygens (including phenoxy) is 2. The van der Waals surface area contributed by atoms with E-state index in [4.69, 9.17) is 9.47 Å². The number of nitrogens with zero attached hydrogens (tertiary/aromatic N) is 2. The number of likely N-dealkylation sites (N-methyl/N-ethyl adjacent to an activating group) is 1. The van der Waals surface area contributed by atoms with Gasteiger partial charge in [0.2, 0.25) is 0 Å². The largest absolute Gasteiger partial charge is 0.493 e. The fraction of sp³-hybridized carbons (Fsp3) is 0.478. The lowest BCUT2D eigenvalue weighted by atomic mass is 10.0. The van der Waals surface area contributed by atoms with Crippen LogP contribution in [-0.2, 0) is 6.42 Å². The lowest BCUT2D eigenvalue weighted by Gasteiger charge is -2.37. The molecular formula is C23H30N2O4S. The summed E-state index contributed by atoms with van der Waals surface area (Å²) >= 11 is 1.34. The monoisotopic (exact) mass is 430 g/mol. The number of likely N-dealkylation sites (tertiary alicyclic amines) is 1. The highest BCUT2D eigenvalue weighted by atomic mass is 32.1. The SMILES string of the molecule is COc1ccc(CCN(C)[C@@H]2CCCN(C(=O)c3csc(C(C)=O)c3)C2)cc1OC. The van der Waals surface area contributed by atoms with Crippen molar-refractivity contribution in [2.75, 3.05) is 40.9 Å². The third-order valence-electron chi connectivity index (χ3n) is 5.70. The molecule has 1 aromatic carbocycles. The Balaban J connectivity index is 1.58. The van der Waals surface area contributed by atoms with Gasteiger partial charge in [0.05, 0.1) is 24.7 Å². The van der Waals surface area contributed by atoms with Gasteiger partial charge in [-0.05, 0) is 57.0 Å². The number of hydrogen-bond donors (Lipinski definition) is 0. The minimum absolute atomic E-state index is 0.00506. The van der Waals surface area contributed by atoms with Crippen LogP contribution in [0.4, 0.5) is 0 Å². The van der Waals surface area contributed by atoms with Crippen LogP contribution in [0.3, 0.4) is 0 Å².